The number of aliphatic imine (C=N–C) groups is 1. The van der Waals surface area contributed by atoms with Crippen LogP contribution in [0.4, 0.5) is 0 Å². The van der Waals surface area contributed by atoms with Crippen LogP contribution in [0.1, 0.15) is 55.4 Å². The minimum Gasteiger partial charge on any atom is -0.512 e. The average molecular weight is 358 g/mol. The van der Waals surface area contributed by atoms with Gasteiger partial charge in [-0.2, -0.15) is 0 Å². The Morgan fingerprint density at radius 3 is 2.63 bits per heavy atom. The lowest BCUT2D eigenvalue weighted by Crippen LogP contribution is -2.34. The highest BCUT2D eigenvalue weighted by Gasteiger charge is 2.40. The van der Waals surface area contributed by atoms with Gasteiger partial charge in [0.2, 0.25) is 0 Å². The Kier molecular flexibility index (Phi) is 4.06. The van der Waals surface area contributed by atoms with Crippen molar-refractivity contribution in [3.05, 3.63) is 82.2 Å². The van der Waals surface area contributed by atoms with Crippen LogP contribution in [-0.2, 0) is 5.41 Å². The topological polar surface area (TPSA) is 56.4 Å². The van der Waals surface area contributed by atoms with E-state index in [0.717, 1.165) is 23.3 Å². The van der Waals surface area contributed by atoms with Crippen LogP contribution in [0, 0.1) is 12.3 Å². The molecule has 1 heterocycles. The summed E-state index contributed by atoms with van der Waals surface area (Å²) < 4.78 is 0. The standard InChI is InChI=1S/C24H26N2O/c1-5-24(3,4)16-10-14(2)22-17(12-16)19(26-20-13-21(27)23(20)22)11-15-8-6-7-9-18(15)25/h6-13,20,23,25,27H,5H2,1-4H3/b15-11-,25-18?. The number of rotatable bonds is 3. The van der Waals surface area contributed by atoms with Gasteiger partial charge >= 0.3 is 0 Å². The lowest BCUT2D eigenvalue weighted by Gasteiger charge is -2.38. The van der Waals surface area contributed by atoms with Gasteiger partial charge < -0.3 is 10.5 Å². The molecule has 27 heavy (non-hydrogen) atoms. The molecule has 138 valence electrons. The largest absolute Gasteiger partial charge is 0.512 e. The van der Waals surface area contributed by atoms with Crippen LogP contribution in [0.15, 0.2) is 64.9 Å². The number of aliphatic hydroxyl groups is 1. The number of nitrogens with one attached hydrogen (secondary N) is 1. The van der Waals surface area contributed by atoms with Crippen molar-refractivity contribution in [2.75, 3.05) is 0 Å². The van der Waals surface area contributed by atoms with Gasteiger partial charge in [0, 0.05) is 11.1 Å². The van der Waals surface area contributed by atoms with Gasteiger partial charge in [-0.05, 0) is 59.7 Å². The SMILES string of the molecule is CCC(C)(C)c1cc(C)c2c(c1)C(/C=C1/C=CC=CC1=N)=NC1C=C(O)C21. The molecule has 4 rings (SSSR count). The zero-order chi connectivity index (χ0) is 19.3. The van der Waals surface area contributed by atoms with Crippen molar-refractivity contribution in [3.8, 4) is 0 Å². The molecule has 2 atom stereocenters. The molecule has 0 fully saturated rings. The van der Waals surface area contributed by atoms with E-state index in [1.54, 1.807) is 6.08 Å². The van der Waals surface area contributed by atoms with Crippen molar-refractivity contribution in [1.82, 2.24) is 0 Å². The van der Waals surface area contributed by atoms with Crippen molar-refractivity contribution in [2.24, 2.45) is 4.99 Å². The molecule has 0 saturated carbocycles. The Hall–Kier alpha value is -2.68. The van der Waals surface area contributed by atoms with E-state index < -0.39 is 0 Å². The van der Waals surface area contributed by atoms with Crippen LogP contribution in [0.5, 0.6) is 0 Å². The summed E-state index contributed by atoms with van der Waals surface area (Å²) in [5.74, 6) is 0.401. The molecular weight excluding hydrogens is 332 g/mol. The normalized spacial score (nSPS) is 24.9. The lowest BCUT2D eigenvalue weighted by atomic mass is 9.71. The maximum Gasteiger partial charge on any atom is 0.100 e. The minimum atomic E-state index is -0.0258. The number of aryl methyl sites for hydroxylation is 1. The van der Waals surface area contributed by atoms with Crippen LogP contribution in [0.25, 0.3) is 0 Å². The van der Waals surface area contributed by atoms with Gasteiger partial charge in [-0.15, -0.1) is 0 Å². The molecule has 1 aromatic rings. The van der Waals surface area contributed by atoms with Gasteiger partial charge in [0.05, 0.1) is 23.4 Å². The molecule has 2 N–H and O–H groups in total. The van der Waals surface area contributed by atoms with E-state index in [2.05, 4.69) is 39.8 Å². The third kappa shape index (κ3) is 2.82. The fraction of sp³-hybridized carbons (Fsp3) is 0.333. The predicted octanol–water partition coefficient (Wildman–Crippen LogP) is 5.47. The van der Waals surface area contributed by atoms with E-state index >= 15 is 0 Å². The van der Waals surface area contributed by atoms with Crippen molar-refractivity contribution in [1.29, 1.82) is 5.41 Å². The Morgan fingerprint density at radius 2 is 1.96 bits per heavy atom. The second kappa shape index (κ2) is 6.19. The molecule has 0 bridgehead atoms. The lowest BCUT2D eigenvalue weighted by molar-refractivity contribution is 0.318. The first-order valence-electron chi connectivity index (χ1n) is 9.61. The first-order chi connectivity index (χ1) is 12.8. The van der Waals surface area contributed by atoms with E-state index in [1.165, 1.54) is 16.7 Å². The number of aliphatic hydroxyl groups excluding tert-OH is 1. The van der Waals surface area contributed by atoms with Crippen molar-refractivity contribution >= 4 is 11.4 Å². The fourth-order valence-electron chi connectivity index (χ4n) is 3.99. The monoisotopic (exact) mass is 358 g/mol. The van der Waals surface area contributed by atoms with Crippen molar-refractivity contribution in [2.45, 2.75) is 51.5 Å². The predicted molar refractivity (Wildman–Crippen MR) is 112 cm³/mol. The summed E-state index contributed by atoms with van der Waals surface area (Å²) in [6.45, 7) is 8.88. The third-order valence-corrected chi connectivity index (χ3v) is 6.18. The zero-order valence-corrected chi connectivity index (χ0v) is 16.4. The summed E-state index contributed by atoms with van der Waals surface area (Å²) in [5.41, 5.74) is 7.12. The first-order valence-corrected chi connectivity index (χ1v) is 9.61. The van der Waals surface area contributed by atoms with E-state index in [1.807, 2.05) is 30.4 Å². The molecule has 0 spiro atoms. The Balaban J connectivity index is 1.90. The molecular formula is C24H26N2O. The van der Waals surface area contributed by atoms with Gasteiger partial charge in [-0.3, -0.25) is 4.99 Å². The first kappa shape index (κ1) is 17.7. The summed E-state index contributed by atoms with van der Waals surface area (Å²) in [5, 5.41) is 18.4. The molecule has 0 amide bonds. The minimum absolute atomic E-state index is 0.00891. The Bertz CT molecular complexity index is 986. The number of fused-ring (bicyclic) bond motifs is 3. The highest BCUT2D eigenvalue weighted by molar-refractivity contribution is 6.18. The van der Waals surface area contributed by atoms with Crippen LogP contribution in [-0.4, -0.2) is 22.6 Å². The highest BCUT2D eigenvalue weighted by Crippen LogP contribution is 2.45. The van der Waals surface area contributed by atoms with Gasteiger partial charge in [0.15, 0.2) is 0 Å². The third-order valence-electron chi connectivity index (χ3n) is 6.18. The summed E-state index contributed by atoms with van der Waals surface area (Å²) in [6, 6.07) is 4.51. The fourth-order valence-corrected chi connectivity index (χ4v) is 3.99. The van der Waals surface area contributed by atoms with E-state index in [-0.39, 0.29) is 17.4 Å². The quantitative estimate of drug-likeness (QED) is 0.740. The van der Waals surface area contributed by atoms with Gasteiger partial charge in [-0.1, -0.05) is 45.1 Å². The summed E-state index contributed by atoms with van der Waals surface area (Å²) >= 11 is 0. The van der Waals surface area contributed by atoms with Crippen LogP contribution >= 0.6 is 0 Å². The summed E-state index contributed by atoms with van der Waals surface area (Å²) in [4.78, 5) is 4.91. The molecule has 1 aromatic carbocycles. The molecule has 2 unspecified atom stereocenters. The average Bonchev–Trinajstić information content (AvgIpc) is 2.63. The number of nitrogens with zero attached hydrogens (tertiary/aromatic N) is 1. The molecule has 0 saturated heterocycles. The molecule has 1 aliphatic heterocycles. The Morgan fingerprint density at radius 1 is 1.22 bits per heavy atom. The maximum absolute atomic E-state index is 10.3. The van der Waals surface area contributed by atoms with Crippen LogP contribution < -0.4 is 0 Å². The molecule has 2 aliphatic carbocycles. The molecule has 3 nitrogen and oxygen atoms in total. The summed E-state index contributed by atoms with van der Waals surface area (Å²) in [7, 11) is 0. The van der Waals surface area contributed by atoms with E-state index in [4.69, 9.17) is 10.4 Å². The molecule has 0 radical (unpaired) electrons. The van der Waals surface area contributed by atoms with E-state index in [9.17, 15) is 5.11 Å². The van der Waals surface area contributed by atoms with Gasteiger partial charge in [-0.25, -0.2) is 0 Å². The highest BCUT2D eigenvalue weighted by atomic mass is 16.3. The van der Waals surface area contributed by atoms with Crippen LogP contribution in [0.3, 0.4) is 0 Å². The second-order valence-corrected chi connectivity index (χ2v) is 8.30. The number of allylic oxidation sites excluding steroid dienone is 6. The van der Waals surface area contributed by atoms with Crippen LogP contribution in [0.2, 0.25) is 0 Å². The summed E-state index contributed by atoms with van der Waals surface area (Å²) in [6.07, 6.45) is 12.5. The zero-order valence-electron chi connectivity index (χ0n) is 16.4. The molecule has 3 aliphatic rings. The number of benzene rings is 1. The van der Waals surface area contributed by atoms with Gasteiger partial charge in [0.1, 0.15) is 5.76 Å². The molecule has 0 aromatic heterocycles. The van der Waals surface area contributed by atoms with Crippen molar-refractivity contribution in [3.63, 3.8) is 0 Å². The smallest absolute Gasteiger partial charge is 0.100 e. The maximum atomic E-state index is 10.3. The van der Waals surface area contributed by atoms with Gasteiger partial charge in [0.25, 0.3) is 0 Å². The van der Waals surface area contributed by atoms with E-state index in [0.29, 0.717) is 11.5 Å². The number of hydrogen-bond donors (Lipinski definition) is 2. The number of hydrogen-bond acceptors (Lipinski definition) is 3. The second-order valence-electron chi connectivity index (χ2n) is 8.30. The molecule has 3 heteroatoms. The Labute approximate surface area is 161 Å². The van der Waals surface area contributed by atoms with Crippen molar-refractivity contribution < 1.29 is 5.11 Å².